The van der Waals surface area contributed by atoms with Crippen molar-refractivity contribution in [3.8, 4) is 0 Å². The van der Waals surface area contributed by atoms with E-state index in [1.807, 2.05) is 0 Å². The molecule has 0 heterocycles. The molecule has 0 N–H and O–H groups in total. The van der Waals surface area contributed by atoms with Gasteiger partial charge < -0.3 is 13.8 Å². The van der Waals surface area contributed by atoms with Gasteiger partial charge in [0.25, 0.3) is 0 Å². The van der Waals surface area contributed by atoms with Gasteiger partial charge in [0.15, 0.2) is 0 Å². The Balaban J connectivity index is 0.000000640. The molecular weight excluding hydrogens is 280 g/mol. The van der Waals surface area contributed by atoms with Crippen LogP contribution in [0, 0.1) is 19.3 Å². The van der Waals surface area contributed by atoms with Gasteiger partial charge in [-0.3, -0.25) is 0 Å². The summed E-state index contributed by atoms with van der Waals surface area (Å²) < 4.78 is 0. The van der Waals surface area contributed by atoms with Gasteiger partial charge in [0.1, 0.15) is 0 Å². The van der Waals surface area contributed by atoms with Gasteiger partial charge in [-0.05, 0) is 0 Å². The molecule has 1 aliphatic rings. The largest absolute Gasteiger partial charge is 2.00 e. The third kappa shape index (κ3) is 2.41. The average Bonchev–Trinajstić information content (AvgIpc) is 2.17. The average molecular weight is 294 g/mol. The summed E-state index contributed by atoms with van der Waals surface area (Å²) in [6.45, 7) is 8.00. The molecule has 0 amide bonds. The molecule has 0 radical (unpaired) electrons. The SMILES string of the molecule is [CH2-]CC1([CH2-])CCCC1.[W+2]. The van der Waals surface area contributed by atoms with Gasteiger partial charge in [0.2, 0.25) is 0 Å². The molecular formula is C8H14W. The normalized spacial score (nSPS) is 23.3. The van der Waals surface area contributed by atoms with E-state index in [2.05, 4.69) is 13.8 Å². The zero-order valence-electron chi connectivity index (χ0n) is 5.86. The monoisotopic (exact) mass is 294 g/mol. The maximum Gasteiger partial charge on any atom is 2.00 e. The first kappa shape index (κ1) is 9.69. The summed E-state index contributed by atoms with van der Waals surface area (Å²) >= 11 is 0. The van der Waals surface area contributed by atoms with Crippen molar-refractivity contribution < 1.29 is 21.1 Å². The summed E-state index contributed by atoms with van der Waals surface area (Å²) in [6.07, 6.45) is 6.37. The first-order chi connectivity index (χ1) is 3.77. The zero-order chi connectivity index (χ0) is 6.04. The van der Waals surface area contributed by atoms with Crippen LogP contribution in [0.3, 0.4) is 0 Å². The van der Waals surface area contributed by atoms with Crippen LogP contribution in [-0.2, 0) is 21.1 Å². The molecule has 1 fully saturated rings. The van der Waals surface area contributed by atoms with Crippen LogP contribution in [0.15, 0.2) is 0 Å². The quantitative estimate of drug-likeness (QED) is 0.652. The minimum Gasteiger partial charge on any atom is -0.345 e. The Bertz CT molecular complexity index is 72.6. The second-order valence-electron chi connectivity index (χ2n) is 2.96. The van der Waals surface area contributed by atoms with Gasteiger partial charge in [0, 0.05) is 0 Å². The summed E-state index contributed by atoms with van der Waals surface area (Å²) in [5.41, 5.74) is 0.375. The zero-order valence-corrected chi connectivity index (χ0v) is 8.79. The van der Waals surface area contributed by atoms with E-state index in [0.29, 0.717) is 5.41 Å². The summed E-state index contributed by atoms with van der Waals surface area (Å²) in [6, 6.07) is 0. The van der Waals surface area contributed by atoms with E-state index in [-0.39, 0.29) is 21.1 Å². The molecule has 0 aliphatic heterocycles. The predicted octanol–water partition coefficient (Wildman–Crippen LogP) is 2.60. The fourth-order valence-electron chi connectivity index (χ4n) is 1.37. The Kier molecular flexibility index (Phi) is 4.05. The van der Waals surface area contributed by atoms with E-state index in [1.165, 1.54) is 25.7 Å². The molecule has 0 aromatic carbocycles. The smallest absolute Gasteiger partial charge is 0.345 e. The first-order valence-electron chi connectivity index (χ1n) is 3.41. The fraction of sp³-hybridized carbons (Fsp3) is 0.750. The molecule has 0 nitrogen and oxygen atoms in total. The van der Waals surface area contributed by atoms with Gasteiger partial charge in [-0.1, -0.05) is 25.7 Å². The fourth-order valence-corrected chi connectivity index (χ4v) is 1.37. The third-order valence-electron chi connectivity index (χ3n) is 2.19. The summed E-state index contributed by atoms with van der Waals surface area (Å²) in [5.74, 6) is 0. The molecule has 0 atom stereocenters. The van der Waals surface area contributed by atoms with Crippen LogP contribution in [0.5, 0.6) is 0 Å². The van der Waals surface area contributed by atoms with Gasteiger partial charge in [-0.15, -0.1) is 0 Å². The standard InChI is InChI=1S/C8H14.W/c1-3-8(2)6-4-5-7-8;/h1-7H2;/q-2;+2. The van der Waals surface area contributed by atoms with E-state index in [4.69, 9.17) is 0 Å². The van der Waals surface area contributed by atoms with Crippen LogP contribution in [0.2, 0.25) is 0 Å². The molecule has 0 unspecified atom stereocenters. The van der Waals surface area contributed by atoms with Gasteiger partial charge in [-0.25, -0.2) is 6.42 Å². The molecule has 0 saturated heterocycles. The van der Waals surface area contributed by atoms with Crippen molar-refractivity contribution in [2.24, 2.45) is 5.41 Å². The molecule has 52 valence electrons. The molecule has 1 rings (SSSR count). The Labute approximate surface area is 72.7 Å². The van der Waals surface area contributed by atoms with E-state index < -0.39 is 0 Å². The van der Waals surface area contributed by atoms with Crippen molar-refractivity contribution in [3.63, 3.8) is 0 Å². The van der Waals surface area contributed by atoms with E-state index in [9.17, 15) is 0 Å². The minimum atomic E-state index is 0. The van der Waals surface area contributed by atoms with Crippen LogP contribution in [-0.4, -0.2) is 0 Å². The summed E-state index contributed by atoms with van der Waals surface area (Å²) in [7, 11) is 0. The van der Waals surface area contributed by atoms with Crippen LogP contribution in [0.4, 0.5) is 0 Å². The minimum absolute atomic E-state index is 0. The topological polar surface area (TPSA) is 0 Å². The van der Waals surface area contributed by atoms with Gasteiger partial charge in [0.05, 0.1) is 0 Å². The Hall–Kier alpha value is 0.688. The molecule has 0 spiro atoms. The number of rotatable bonds is 1. The van der Waals surface area contributed by atoms with Gasteiger partial charge >= 0.3 is 21.1 Å². The predicted molar refractivity (Wildman–Crippen MR) is 36.2 cm³/mol. The number of hydrogen-bond donors (Lipinski definition) is 0. The second kappa shape index (κ2) is 3.76. The molecule has 1 heteroatoms. The molecule has 1 aliphatic carbocycles. The second-order valence-corrected chi connectivity index (χ2v) is 2.96. The molecule has 0 bridgehead atoms. The van der Waals surface area contributed by atoms with E-state index >= 15 is 0 Å². The maximum absolute atomic E-state index is 4.12. The molecule has 0 aromatic heterocycles. The van der Waals surface area contributed by atoms with Crippen molar-refractivity contribution in [2.45, 2.75) is 32.1 Å². The van der Waals surface area contributed by atoms with E-state index in [0.717, 1.165) is 6.42 Å². The van der Waals surface area contributed by atoms with Crippen molar-refractivity contribution in [2.75, 3.05) is 0 Å². The Morgan fingerprint density at radius 3 is 1.89 bits per heavy atom. The maximum atomic E-state index is 4.12. The van der Waals surface area contributed by atoms with Crippen LogP contribution in [0.1, 0.15) is 32.1 Å². The molecule has 0 aromatic rings. The van der Waals surface area contributed by atoms with Crippen molar-refractivity contribution in [1.29, 1.82) is 0 Å². The summed E-state index contributed by atoms with van der Waals surface area (Å²) in [5, 5.41) is 0. The van der Waals surface area contributed by atoms with Crippen LogP contribution < -0.4 is 0 Å². The van der Waals surface area contributed by atoms with Crippen molar-refractivity contribution >= 4 is 0 Å². The molecule has 1 saturated carbocycles. The Morgan fingerprint density at radius 1 is 1.22 bits per heavy atom. The van der Waals surface area contributed by atoms with Crippen molar-refractivity contribution in [1.82, 2.24) is 0 Å². The molecule has 9 heavy (non-hydrogen) atoms. The van der Waals surface area contributed by atoms with E-state index in [1.54, 1.807) is 0 Å². The van der Waals surface area contributed by atoms with Crippen LogP contribution in [0.25, 0.3) is 0 Å². The summed E-state index contributed by atoms with van der Waals surface area (Å²) in [4.78, 5) is 0. The van der Waals surface area contributed by atoms with Crippen LogP contribution >= 0.6 is 0 Å². The van der Waals surface area contributed by atoms with Crippen molar-refractivity contribution in [3.05, 3.63) is 13.8 Å². The Morgan fingerprint density at radius 2 is 1.67 bits per heavy atom. The van der Waals surface area contributed by atoms with Gasteiger partial charge in [-0.2, -0.15) is 5.41 Å². The number of hydrogen-bond acceptors (Lipinski definition) is 0. The first-order valence-corrected chi connectivity index (χ1v) is 3.41. The third-order valence-corrected chi connectivity index (χ3v) is 2.19.